The highest BCUT2D eigenvalue weighted by Gasteiger charge is 2.38. The number of anilines is 3. The topological polar surface area (TPSA) is 105 Å². The number of rotatable bonds is 6. The molecule has 4 rings (SSSR count). The molecule has 0 bridgehead atoms. The quantitative estimate of drug-likeness (QED) is 0.230. The van der Waals surface area contributed by atoms with E-state index in [0.717, 1.165) is 34.6 Å². The first-order chi connectivity index (χ1) is 19.2. The number of aromatic nitrogens is 1. The van der Waals surface area contributed by atoms with Crippen LogP contribution in [0, 0.1) is 11.3 Å². The lowest BCUT2D eigenvalue weighted by molar-refractivity contribution is -0.274. The number of nitriles is 1. The predicted octanol–water partition coefficient (Wildman–Crippen LogP) is 7.04. The number of benzene rings is 2. The second kappa shape index (κ2) is 10.5. The SMILES string of the molecule is CC(C#N)(O[Si](C)(C)C)c1ccc2c(c1)N(S(=O)(=O)c1ccc(OC(F)(F)F)cc1)Cc1ccc(C(F)(F)F)nc1N2. The first-order valence-corrected chi connectivity index (χ1v) is 17.1. The van der Waals surface area contributed by atoms with Crippen molar-refractivity contribution < 1.29 is 43.9 Å². The van der Waals surface area contributed by atoms with Gasteiger partial charge in [-0.05, 0) is 74.6 Å². The lowest BCUT2D eigenvalue weighted by Crippen LogP contribution is -2.38. The molecule has 42 heavy (non-hydrogen) atoms. The first kappa shape index (κ1) is 31.1. The van der Waals surface area contributed by atoms with Crippen LogP contribution >= 0.6 is 0 Å². The van der Waals surface area contributed by atoms with E-state index in [4.69, 9.17) is 4.43 Å². The number of fused-ring (bicyclic) bond motifs is 2. The monoisotopic (exact) mass is 630 g/mol. The lowest BCUT2D eigenvalue weighted by Gasteiger charge is -2.32. The predicted molar refractivity (Wildman–Crippen MR) is 143 cm³/mol. The minimum Gasteiger partial charge on any atom is -0.406 e. The molecule has 0 aliphatic carbocycles. The third-order valence-electron chi connectivity index (χ3n) is 6.02. The molecule has 2 aromatic carbocycles. The van der Waals surface area contributed by atoms with Crippen molar-refractivity contribution in [3.05, 3.63) is 71.4 Å². The van der Waals surface area contributed by atoms with Crippen LogP contribution in [0.1, 0.15) is 23.7 Å². The van der Waals surface area contributed by atoms with Crippen LogP contribution in [0.25, 0.3) is 0 Å². The van der Waals surface area contributed by atoms with Crippen LogP contribution in [-0.2, 0) is 32.8 Å². The maximum atomic E-state index is 13.9. The Morgan fingerprint density at radius 2 is 1.64 bits per heavy atom. The van der Waals surface area contributed by atoms with E-state index in [1.807, 2.05) is 19.6 Å². The van der Waals surface area contributed by atoms with Crippen LogP contribution < -0.4 is 14.4 Å². The van der Waals surface area contributed by atoms with E-state index in [2.05, 4.69) is 21.1 Å². The number of hydrogen-bond donors (Lipinski definition) is 1. The second-order valence-electron chi connectivity index (χ2n) is 10.4. The van der Waals surface area contributed by atoms with Crippen molar-refractivity contribution in [2.45, 2.75) is 56.1 Å². The van der Waals surface area contributed by atoms with Gasteiger partial charge in [-0.3, -0.25) is 4.31 Å². The Morgan fingerprint density at radius 1 is 1.00 bits per heavy atom. The summed E-state index contributed by atoms with van der Waals surface area (Å²) >= 11 is 0. The van der Waals surface area contributed by atoms with E-state index < -0.39 is 59.4 Å². The standard InChI is InChI=1S/C26H24F6N4O4SSi/c1-24(15-33,40-42(2,3)4)17-6-11-20-21(13-17)36(14-16-5-12-22(25(27,28)29)35-23(16)34-20)41(37,38)19-9-7-18(8-10-19)39-26(30,31)32/h5-13H,14H2,1-4H3,(H,34,35). The zero-order chi connectivity index (χ0) is 31.3. The molecule has 0 amide bonds. The Kier molecular flexibility index (Phi) is 7.76. The van der Waals surface area contributed by atoms with Crippen LogP contribution in [0.2, 0.25) is 19.6 Å². The van der Waals surface area contributed by atoms with Gasteiger partial charge in [-0.2, -0.15) is 18.4 Å². The number of alkyl halides is 6. The number of halogens is 6. The van der Waals surface area contributed by atoms with E-state index in [0.29, 0.717) is 6.07 Å². The molecule has 0 fully saturated rings. The van der Waals surface area contributed by atoms with E-state index in [1.54, 1.807) is 0 Å². The van der Waals surface area contributed by atoms with Crippen LogP contribution in [0.5, 0.6) is 5.75 Å². The average molecular weight is 631 g/mol. The minimum absolute atomic E-state index is 0.0460. The van der Waals surface area contributed by atoms with Gasteiger partial charge in [0.1, 0.15) is 23.3 Å². The molecular formula is C26H24F6N4O4SSi. The Hall–Kier alpha value is -3.81. The third kappa shape index (κ3) is 6.63. The van der Waals surface area contributed by atoms with E-state index in [-0.39, 0.29) is 28.3 Å². The highest BCUT2D eigenvalue weighted by Crippen LogP contribution is 2.42. The molecule has 3 aromatic rings. The molecule has 1 unspecified atom stereocenters. The number of nitrogens with zero attached hydrogens (tertiary/aromatic N) is 3. The lowest BCUT2D eigenvalue weighted by atomic mass is 9.97. The summed E-state index contributed by atoms with van der Waals surface area (Å²) in [4.78, 5) is 3.24. The van der Waals surface area contributed by atoms with E-state index in [9.17, 15) is 40.0 Å². The van der Waals surface area contributed by atoms with Crippen molar-refractivity contribution in [1.29, 1.82) is 5.26 Å². The fraction of sp³-hybridized carbons (Fsp3) is 0.308. The molecule has 0 radical (unpaired) electrons. The van der Waals surface area contributed by atoms with Gasteiger partial charge in [0.05, 0.1) is 22.8 Å². The molecule has 0 saturated heterocycles. The molecule has 8 nitrogen and oxygen atoms in total. The number of pyridine rings is 1. The molecule has 1 atom stereocenters. The molecular weight excluding hydrogens is 606 g/mol. The number of ether oxygens (including phenoxy) is 1. The zero-order valence-corrected chi connectivity index (χ0v) is 24.4. The summed E-state index contributed by atoms with van der Waals surface area (Å²) in [5, 5.41) is 12.8. The molecule has 1 aromatic heterocycles. The van der Waals surface area contributed by atoms with Crippen molar-refractivity contribution in [3.8, 4) is 11.8 Å². The summed E-state index contributed by atoms with van der Waals surface area (Å²) in [5.74, 6) is -0.893. The van der Waals surface area contributed by atoms with E-state index >= 15 is 0 Å². The molecule has 1 aliphatic rings. The number of hydrogen-bond acceptors (Lipinski definition) is 7. The normalized spacial score (nSPS) is 15.4. The molecule has 224 valence electrons. The first-order valence-electron chi connectivity index (χ1n) is 12.2. The largest absolute Gasteiger partial charge is 0.573 e. The van der Waals surface area contributed by atoms with Crippen LogP contribution in [0.4, 0.5) is 43.5 Å². The molecule has 2 heterocycles. The smallest absolute Gasteiger partial charge is 0.406 e. The fourth-order valence-corrected chi connectivity index (χ4v) is 7.14. The van der Waals surface area contributed by atoms with Crippen molar-refractivity contribution in [3.63, 3.8) is 0 Å². The summed E-state index contributed by atoms with van der Waals surface area (Å²) < 4.78 is 117. The highest BCUT2D eigenvalue weighted by atomic mass is 32.2. The van der Waals surface area contributed by atoms with Gasteiger partial charge in [-0.15, -0.1) is 13.2 Å². The Labute approximate surface area is 238 Å². The van der Waals surface area contributed by atoms with Gasteiger partial charge in [0, 0.05) is 5.56 Å². The summed E-state index contributed by atoms with van der Waals surface area (Å²) in [5.41, 5.74) is -2.34. The van der Waals surface area contributed by atoms with E-state index in [1.165, 1.54) is 25.1 Å². The average Bonchev–Trinajstić information content (AvgIpc) is 3.02. The van der Waals surface area contributed by atoms with Gasteiger partial charge in [-0.25, -0.2) is 13.4 Å². The van der Waals surface area contributed by atoms with Gasteiger partial charge in [0.25, 0.3) is 10.0 Å². The molecule has 0 saturated carbocycles. The van der Waals surface area contributed by atoms with Crippen LogP contribution in [0.15, 0.2) is 59.5 Å². The molecule has 0 spiro atoms. The van der Waals surface area contributed by atoms with Gasteiger partial charge >= 0.3 is 12.5 Å². The maximum Gasteiger partial charge on any atom is 0.573 e. The summed E-state index contributed by atoms with van der Waals surface area (Å²) in [6, 6.07) is 11.6. The molecule has 1 N–H and O–H groups in total. The fourth-order valence-electron chi connectivity index (χ4n) is 4.30. The molecule has 16 heteroatoms. The maximum absolute atomic E-state index is 13.9. The van der Waals surface area contributed by atoms with Crippen LogP contribution in [-0.4, -0.2) is 28.1 Å². The Morgan fingerprint density at radius 3 is 2.19 bits per heavy atom. The minimum atomic E-state index is -5.00. The van der Waals surface area contributed by atoms with Gasteiger partial charge in [0.15, 0.2) is 13.9 Å². The van der Waals surface area contributed by atoms with Gasteiger partial charge in [-0.1, -0.05) is 12.1 Å². The zero-order valence-electron chi connectivity index (χ0n) is 22.6. The van der Waals surface area contributed by atoms with Gasteiger partial charge in [0.2, 0.25) is 0 Å². The second-order valence-corrected chi connectivity index (χ2v) is 16.7. The number of sulfonamides is 1. The Balaban J connectivity index is 1.89. The van der Waals surface area contributed by atoms with Gasteiger partial charge < -0.3 is 14.5 Å². The summed E-state index contributed by atoms with van der Waals surface area (Å²) in [6.07, 6.45) is -9.77. The number of nitrogens with one attached hydrogen (secondary N) is 1. The summed E-state index contributed by atoms with van der Waals surface area (Å²) in [7, 11) is -6.88. The van der Waals surface area contributed by atoms with Crippen LogP contribution in [0.3, 0.4) is 0 Å². The molecule has 1 aliphatic heterocycles. The van der Waals surface area contributed by atoms with Crippen molar-refractivity contribution in [1.82, 2.24) is 4.98 Å². The van der Waals surface area contributed by atoms with Crippen molar-refractivity contribution in [2.75, 3.05) is 9.62 Å². The van der Waals surface area contributed by atoms with Crippen molar-refractivity contribution in [2.24, 2.45) is 0 Å². The highest BCUT2D eigenvalue weighted by molar-refractivity contribution is 7.92. The third-order valence-corrected chi connectivity index (χ3v) is 8.82. The Bertz CT molecular complexity index is 1650. The van der Waals surface area contributed by atoms with Crippen molar-refractivity contribution >= 4 is 35.5 Å². The summed E-state index contributed by atoms with van der Waals surface area (Å²) in [6.45, 7) is 6.59.